The maximum Gasteiger partial charge on any atom is 0.276 e. The molecule has 0 radical (unpaired) electrons. The predicted molar refractivity (Wildman–Crippen MR) is 98.0 cm³/mol. The summed E-state index contributed by atoms with van der Waals surface area (Å²) in [5.74, 6) is 1.13. The number of hydrogen-bond acceptors (Lipinski definition) is 5. The van der Waals surface area contributed by atoms with Crippen LogP contribution in [0.5, 0.6) is 5.75 Å². The molecule has 0 N–H and O–H groups in total. The molecule has 1 aromatic heterocycles. The minimum absolute atomic E-state index is 0.194. The minimum atomic E-state index is -0.211. The summed E-state index contributed by atoms with van der Waals surface area (Å²) in [5, 5.41) is 4.84. The molecule has 1 unspecified atom stereocenters. The lowest BCUT2D eigenvalue weighted by molar-refractivity contribution is 0.0690. The molecule has 0 bridgehead atoms. The molecule has 1 aliphatic heterocycles. The van der Waals surface area contributed by atoms with Crippen LogP contribution in [0.2, 0.25) is 10.0 Å². The Labute approximate surface area is 161 Å². The SMILES string of the molecule is CCC(CN(C)C(=O)c1noc2c1COCC2)Oc1ccc(Cl)c(Cl)c1. The average Bonchev–Trinajstić information content (AvgIpc) is 3.07. The number of ether oxygens (including phenoxy) is 2. The lowest BCUT2D eigenvalue weighted by Gasteiger charge is -2.24. The number of benzene rings is 1. The Balaban J connectivity index is 1.66. The van der Waals surface area contributed by atoms with Gasteiger partial charge in [-0.2, -0.15) is 0 Å². The first kappa shape index (κ1) is 19.0. The molecule has 140 valence electrons. The van der Waals surface area contributed by atoms with Gasteiger partial charge in [-0.3, -0.25) is 4.79 Å². The van der Waals surface area contributed by atoms with Gasteiger partial charge in [-0.05, 0) is 18.6 Å². The van der Waals surface area contributed by atoms with Crippen LogP contribution in [0.3, 0.4) is 0 Å². The van der Waals surface area contributed by atoms with Crippen LogP contribution in [-0.2, 0) is 17.8 Å². The van der Waals surface area contributed by atoms with Gasteiger partial charge < -0.3 is 18.9 Å². The summed E-state index contributed by atoms with van der Waals surface area (Å²) in [5.41, 5.74) is 1.05. The highest BCUT2D eigenvalue weighted by atomic mass is 35.5. The van der Waals surface area contributed by atoms with E-state index in [1.54, 1.807) is 30.1 Å². The zero-order valence-electron chi connectivity index (χ0n) is 14.6. The summed E-state index contributed by atoms with van der Waals surface area (Å²) in [6, 6.07) is 5.10. The standard InChI is InChI=1S/C18H20Cl2N2O4/c1-3-11(25-12-4-5-14(19)15(20)8-12)9-22(2)18(23)17-13-10-24-7-6-16(13)26-21-17/h4-5,8,11H,3,6-7,9-10H2,1-2H3. The summed E-state index contributed by atoms with van der Waals surface area (Å²) in [6.45, 7) is 3.33. The summed E-state index contributed by atoms with van der Waals surface area (Å²) in [4.78, 5) is 14.3. The lowest BCUT2D eigenvalue weighted by Crippen LogP contribution is -2.37. The fourth-order valence-electron chi connectivity index (χ4n) is 2.76. The van der Waals surface area contributed by atoms with Crippen molar-refractivity contribution in [3.8, 4) is 5.75 Å². The van der Waals surface area contributed by atoms with E-state index in [-0.39, 0.29) is 12.0 Å². The molecule has 3 rings (SSSR count). The molecule has 2 aromatic rings. The molecule has 1 atom stereocenters. The summed E-state index contributed by atoms with van der Waals surface area (Å²) >= 11 is 12.0. The molecule has 8 heteroatoms. The van der Waals surface area contributed by atoms with Crippen LogP contribution in [-0.4, -0.2) is 42.3 Å². The molecule has 26 heavy (non-hydrogen) atoms. The van der Waals surface area contributed by atoms with Gasteiger partial charge in [0.15, 0.2) is 5.69 Å². The molecule has 2 heterocycles. The van der Waals surface area contributed by atoms with Crippen LogP contribution in [0, 0.1) is 0 Å². The zero-order chi connectivity index (χ0) is 18.7. The van der Waals surface area contributed by atoms with Gasteiger partial charge >= 0.3 is 0 Å². The topological polar surface area (TPSA) is 64.8 Å². The fraction of sp³-hybridized carbons (Fsp3) is 0.444. The quantitative estimate of drug-likeness (QED) is 0.735. The van der Waals surface area contributed by atoms with Gasteiger partial charge in [0.2, 0.25) is 0 Å². The second-order valence-corrected chi connectivity index (χ2v) is 6.96. The smallest absolute Gasteiger partial charge is 0.276 e. The number of amides is 1. The van der Waals surface area contributed by atoms with Crippen LogP contribution < -0.4 is 4.74 Å². The normalized spacial score (nSPS) is 14.6. The van der Waals surface area contributed by atoms with Gasteiger partial charge in [0.05, 0.1) is 35.4 Å². The maximum absolute atomic E-state index is 12.7. The number of carbonyl (C=O) groups excluding carboxylic acids is 1. The largest absolute Gasteiger partial charge is 0.489 e. The van der Waals surface area contributed by atoms with E-state index in [1.807, 2.05) is 6.92 Å². The number of halogens is 2. The molecule has 0 saturated carbocycles. The minimum Gasteiger partial charge on any atom is -0.489 e. The summed E-state index contributed by atoms with van der Waals surface area (Å²) in [7, 11) is 1.72. The Bertz CT molecular complexity index is 793. The predicted octanol–water partition coefficient (Wildman–Crippen LogP) is 3.98. The number of fused-ring (bicyclic) bond motifs is 1. The number of hydrogen-bond donors (Lipinski definition) is 0. The Kier molecular flexibility index (Phi) is 6.06. The van der Waals surface area contributed by atoms with Gasteiger partial charge in [0.25, 0.3) is 5.91 Å². The molecule has 0 aliphatic carbocycles. The van der Waals surface area contributed by atoms with Crippen molar-refractivity contribution in [3.05, 3.63) is 45.3 Å². The van der Waals surface area contributed by atoms with Gasteiger partial charge in [0.1, 0.15) is 17.6 Å². The van der Waals surface area contributed by atoms with E-state index in [9.17, 15) is 4.79 Å². The molecular weight excluding hydrogens is 379 g/mol. The summed E-state index contributed by atoms with van der Waals surface area (Å²) in [6.07, 6.45) is 1.16. The first-order valence-electron chi connectivity index (χ1n) is 8.42. The van der Waals surface area contributed by atoms with Crippen LogP contribution >= 0.6 is 23.2 Å². The fourth-order valence-corrected chi connectivity index (χ4v) is 3.05. The third-order valence-electron chi connectivity index (χ3n) is 4.27. The van der Waals surface area contributed by atoms with E-state index in [1.165, 1.54) is 0 Å². The lowest BCUT2D eigenvalue weighted by atomic mass is 10.1. The second-order valence-electron chi connectivity index (χ2n) is 6.15. The van der Waals surface area contributed by atoms with Gasteiger partial charge in [-0.15, -0.1) is 0 Å². The first-order chi connectivity index (χ1) is 12.5. The number of rotatable bonds is 6. The molecule has 1 aromatic carbocycles. The van der Waals surface area contributed by atoms with E-state index < -0.39 is 0 Å². The van der Waals surface area contributed by atoms with Crippen molar-refractivity contribution in [2.24, 2.45) is 0 Å². The molecule has 0 saturated heterocycles. The van der Waals surface area contributed by atoms with E-state index in [2.05, 4.69) is 5.16 Å². The zero-order valence-corrected chi connectivity index (χ0v) is 16.1. The van der Waals surface area contributed by atoms with E-state index in [0.717, 1.165) is 17.7 Å². The third kappa shape index (κ3) is 4.14. The number of likely N-dealkylation sites (N-methyl/N-ethyl adjacent to an activating group) is 1. The van der Waals surface area contributed by atoms with E-state index in [0.29, 0.717) is 47.7 Å². The van der Waals surface area contributed by atoms with Crippen molar-refractivity contribution in [1.82, 2.24) is 10.1 Å². The first-order valence-corrected chi connectivity index (χ1v) is 9.17. The van der Waals surface area contributed by atoms with Crippen LogP contribution in [0.4, 0.5) is 0 Å². The number of aromatic nitrogens is 1. The molecule has 1 aliphatic rings. The Morgan fingerprint density at radius 3 is 2.92 bits per heavy atom. The molecule has 0 spiro atoms. The average molecular weight is 399 g/mol. The second kappa shape index (κ2) is 8.29. The Morgan fingerprint density at radius 1 is 1.38 bits per heavy atom. The van der Waals surface area contributed by atoms with Gasteiger partial charge in [-0.1, -0.05) is 35.3 Å². The molecule has 1 amide bonds. The maximum atomic E-state index is 12.7. The van der Waals surface area contributed by atoms with Crippen molar-refractivity contribution < 1.29 is 18.8 Å². The van der Waals surface area contributed by atoms with Gasteiger partial charge in [0, 0.05) is 19.5 Å². The van der Waals surface area contributed by atoms with Crippen LogP contribution in [0.25, 0.3) is 0 Å². The highest BCUT2D eigenvalue weighted by molar-refractivity contribution is 6.42. The summed E-state index contributed by atoms with van der Waals surface area (Å²) < 4.78 is 16.6. The van der Waals surface area contributed by atoms with Crippen molar-refractivity contribution >= 4 is 29.1 Å². The monoisotopic (exact) mass is 398 g/mol. The Hall–Kier alpha value is -1.76. The van der Waals surface area contributed by atoms with Crippen molar-refractivity contribution in [1.29, 1.82) is 0 Å². The molecule has 6 nitrogen and oxygen atoms in total. The number of carbonyl (C=O) groups is 1. The Morgan fingerprint density at radius 2 is 2.19 bits per heavy atom. The van der Waals surface area contributed by atoms with Crippen molar-refractivity contribution in [2.45, 2.75) is 32.5 Å². The highest BCUT2D eigenvalue weighted by Crippen LogP contribution is 2.27. The highest BCUT2D eigenvalue weighted by Gasteiger charge is 2.27. The molecule has 0 fully saturated rings. The van der Waals surface area contributed by atoms with Crippen molar-refractivity contribution in [2.75, 3.05) is 20.2 Å². The van der Waals surface area contributed by atoms with Gasteiger partial charge in [-0.25, -0.2) is 0 Å². The van der Waals surface area contributed by atoms with Crippen LogP contribution in [0.15, 0.2) is 22.7 Å². The number of nitrogens with zero attached hydrogens (tertiary/aromatic N) is 2. The molecular formula is C18H20Cl2N2O4. The third-order valence-corrected chi connectivity index (χ3v) is 5.00. The van der Waals surface area contributed by atoms with E-state index in [4.69, 9.17) is 37.2 Å². The van der Waals surface area contributed by atoms with Crippen LogP contribution in [0.1, 0.15) is 35.2 Å². The van der Waals surface area contributed by atoms with E-state index >= 15 is 0 Å². The van der Waals surface area contributed by atoms with Crippen molar-refractivity contribution in [3.63, 3.8) is 0 Å².